The van der Waals surface area contributed by atoms with Gasteiger partial charge in [0.25, 0.3) is 5.91 Å². The zero-order valence-electron chi connectivity index (χ0n) is 8.53. The molecule has 1 amide bonds. The van der Waals surface area contributed by atoms with E-state index in [1.54, 1.807) is 0 Å². The molecule has 10 heteroatoms. The Hall–Kier alpha value is -2.13. The molecule has 1 N–H and O–H groups in total. The molecule has 2 heterocycles. The second-order valence-electron chi connectivity index (χ2n) is 2.94. The molecule has 0 spiro atoms. The molecule has 2 aromatic heterocycles. The summed E-state index contributed by atoms with van der Waals surface area (Å²) < 4.78 is 0. The maximum atomic E-state index is 11.6. The van der Waals surface area contributed by atoms with Crippen molar-refractivity contribution in [2.24, 2.45) is 0 Å². The first-order valence-electron chi connectivity index (χ1n) is 4.45. The Morgan fingerprint density at radius 2 is 2.11 bits per heavy atom. The predicted molar refractivity (Wildman–Crippen MR) is 63.8 cm³/mol. The number of carbonyl (C=O) groups excluding carboxylic acids is 1. The molecule has 0 radical (unpaired) electrons. The Labute approximate surface area is 109 Å². The summed E-state index contributed by atoms with van der Waals surface area (Å²) in [7, 11) is 0. The van der Waals surface area contributed by atoms with Crippen molar-refractivity contribution in [2.75, 3.05) is 5.32 Å². The molecule has 0 aliphatic rings. The van der Waals surface area contributed by atoms with Gasteiger partial charge in [0.15, 0.2) is 5.13 Å². The number of amides is 1. The fraction of sp³-hybridized carbons (Fsp3) is 0. The highest BCUT2D eigenvalue weighted by molar-refractivity contribution is 7.18. The van der Waals surface area contributed by atoms with E-state index < -0.39 is 10.8 Å². The van der Waals surface area contributed by atoms with Crippen LogP contribution in [0.5, 0.6) is 0 Å². The summed E-state index contributed by atoms with van der Waals surface area (Å²) in [5, 5.41) is 12.9. The van der Waals surface area contributed by atoms with Gasteiger partial charge in [-0.1, -0.05) is 11.6 Å². The highest BCUT2D eigenvalue weighted by atomic mass is 35.5. The predicted octanol–water partition coefficient (Wildman–Crippen LogP) is 1.75. The average molecular weight is 286 g/mol. The summed E-state index contributed by atoms with van der Waals surface area (Å²) in [6, 6.07) is 0. The fourth-order valence-corrected chi connectivity index (χ4v) is 1.72. The van der Waals surface area contributed by atoms with Gasteiger partial charge in [-0.05, 0) is 11.3 Å². The molecule has 0 bridgehead atoms. The van der Waals surface area contributed by atoms with E-state index in [1.807, 2.05) is 0 Å². The lowest BCUT2D eigenvalue weighted by Crippen LogP contribution is -2.13. The van der Waals surface area contributed by atoms with Gasteiger partial charge in [-0.15, -0.1) is 0 Å². The maximum Gasteiger partial charge on any atom is 0.345 e. The molecule has 92 valence electrons. The van der Waals surface area contributed by atoms with E-state index in [0.717, 1.165) is 17.5 Å². The summed E-state index contributed by atoms with van der Waals surface area (Å²) in [5.41, 5.74) is 0.0391. The van der Waals surface area contributed by atoms with Crippen molar-refractivity contribution >= 4 is 39.0 Å². The third-order valence-corrected chi connectivity index (χ3v) is 2.81. The van der Waals surface area contributed by atoms with Crippen LogP contribution in [0.2, 0.25) is 5.15 Å². The molecule has 0 saturated heterocycles. The van der Waals surface area contributed by atoms with Crippen LogP contribution in [0.3, 0.4) is 0 Å². The molecular weight excluding hydrogens is 282 g/mol. The highest BCUT2D eigenvalue weighted by Gasteiger charge is 2.15. The molecule has 0 fully saturated rings. The van der Waals surface area contributed by atoms with E-state index in [1.165, 1.54) is 12.4 Å². The molecule has 0 aliphatic carbocycles. The molecule has 18 heavy (non-hydrogen) atoms. The molecule has 0 unspecified atom stereocenters. The van der Waals surface area contributed by atoms with Gasteiger partial charge in [0.2, 0.25) is 0 Å². The molecule has 0 atom stereocenters. The zero-order chi connectivity index (χ0) is 13.1. The molecule has 2 rings (SSSR count). The minimum Gasteiger partial charge on any atom is -0.296 e. The van der Waals surface area contributed by atoms with Crippen molar-refractivity contribution < 1.29 is 9.72 Å². The number of thiazole rings is 1. The number of nitrogens with zero attached hydrogens (tertiary/aromatic N) is 4. The lowest BCUT2D eigenvalue weighted by atomic mass is 10.4. The van der Waals surface area contributed by atoms with Gasteiger partial charge in [-0.3, -0.25) is 20.2 Å². The van der Waals surface area contributed by atoms with Crippen LogP contribution < -0.4 is 5.32 Å². The Bertz CT molecular complexity index is 599. The first-order valence-corrected chi connectivity index (χ1v) is 5.65. The standard InChI is InChI=1S/C8H4ClN5O3S/c9-5-2-10-4(1-11-5)7(15)13-8-12-3-6(18-8)14(16)17/h1-3H,(H,12,13,15). The van der Waals surface area contributed by atoms with Gasteiger partial charge < -0.3 is 0 Å². The Kier molecular flexibility index (Phi) is 3.44. The smallest absolute Gasteiger partial charge is 0.296 e. The van der Waals surface area contributed by atoms with Crippen LogP contribution in [0.25, 0.3) is 0 Å². The number of hydrogen-bond donors (Lipinski definition) is 1. The number of nitrogens with one attached hydrogen (secondary N) is 1. The minimum atomic E-state index is -0.588. The first-order chi connectivity index (χ1) is 8.56. The van der Waals surface area contributed by atoms with Gasteiger partial charge in [-0.2, -0.15) is 0 Å². The SMILES string of the molecule is O=C(Nc1ncc([N+](=O)[O-])s1)c1cnc(Cl)cn1. The Balaban J connectivity index is 2.11. The minimum absolute atomic E-state index is 0.0391. The Morgan fingerprint density at radius 3 is 2.67 bits per heavy atom. The molecular formula is C8H4ClN5O3S. The highest BCUT2D eigenvalue weighted by Crippen LogP contribution is 2.25. The van der Waals surface area contributed by atoms with Crippen LogP contribution in [-0.4, -0.2) is 25.8 Å². The third-order valence-electron chi connectivity index (χ3n) is 1.75. The van der Waals surface area contributed by atoms with Crippen LogP contribution in [0.4, 0.5) is 10.1 Å². The second kappa shape index (κ2) is 5.02. The van der Waals surface area contributed by atoms with E-state index in [0.29, 0.717) is 0 Å². The van der Waals surface area contributed by atoms with E-state index in [9.17, 15) is 14.9 Å². The quantitative estimate of drug-likeness (QED) is 0.679. The maximum absolute atomic E-state index is 11.6. The summed E-state index contributed by atoms with van der Waals surface area (Å²) in [5.74, 6) is -0.566. The topological polar surface area (TPSA) is 111 Å². The Morgan fingerprint density at radius 1 is 1.33 bits per heavy atom. The van der Waals surface area contributed by atoms with E-state index >= 15 is 0 Å². The van der Waals surface area contributed by atoms with Crippen LogP contribution in [0.1, 0.15) is 10.5 Å². The molecule has 0 aromatic carbocycles. The largest absolute Gasteiger partial charge is 0.345 e. The van der Waals surface area contributed by atoms with Crippen molar-refractivity contribution in [3.05, 3.63) is 39.6 Å². The zero-order valence-corrected chi connectivity index (χ0v) is 10.1. The van der Waals surface area contributed by atoms with E-state index in [2.05, 4.69) is 20.3 Å². The van der Waals surface area contributed by atoms with Crippen molar-refractivity contribution in [1.29, 1.82) is 0 Å². The van der Waals surface area contributed by atoms with Gasteiger partial charge in [0.05, 0.1) is 17.3 Å². The molecule has 2 aromatic rings. The van der Waals surface area contributed by atoms with Crippen molar-refractivity contribution in [3.63, 3.8) is 0 Å². The van der Waals surface area contributed by atoms with Gasteiger partial charge in [0, 0.05) is 0 Å². The molecule has 0 aliphatic heterocycles. The summed E-state index contributed by atoms with van der Waals surface area (Å²) in [6.45, 7) is 0. The van der Waals surface area contributed by atoms with Gasteiger partial charge in [-0.25, -0.2) is 15.0 Å². The number of anilines is 1. The van der Waals surface area contributed by atoms with E-state index in [-0.39, 0.29) is 21.0 Å². The number of aromatic nitrogens is 3. The van der Waals surface area contributed by atoms with Crippen LogP contribution >= 0.6 is 22.9 Å². The lowest BCUT2D eigenvalue weighted by molar-refractivity contribution is -0.380. The fourth-order valence-electron chi connectivity index (χ4n) is 0.998. The lowest BCUT2D eigenvalue weighted by Gasteiger charge is -1.99. The number of nitro groups is 1. The second-order valence-corrected chi connectivity index (χ2v) is 4.34. The summed E-state index contributed by atoms with van der Waals surface area (Å²) >= 11 is 6.27. The van der Waals surface area contributed by atoms with E-state index in [4.69, 9.17) is 11.6 Å². The van der Waals surface area contributed by atoms with Crippen LogP contribution in [0, 0.1) is 10.1 Å². The summed E-state index contributed by atoms with van der Waals surface area (Å²) in [6.07, 6.45) is 3.48. The average Bonchev–Trinajstić information content (AvgIpc) is 2.78. The van der Waals surface area contributed by atoms with Crippen LogP contribution in [0.15, 0.2) is 18.6 Å². The number of hydrogen-bond acceptors (Lipinski definition) is 7. The van der Waals surface area contributed by atoms with Gasteiger partial charge >= 0.3 is 5.00 Å². The monoisotopic (exact) mass is 285 g/mol. The molecule has 8 nitrogen and oxygen atoms in total. The van der Waals surface area contributed by atoms with Crippen molar-refractivity contribution in [3.8, 4) is 0 Å². The first kappa shape index (κ1) is 12.3. The summed E-state index contributed by atoms with van der Waals surface area (Å²) in [4.78, 5) is 32.6. The van der Waals surface area contributed by atoms with Crippen LogP contribution in [-0.2, 0) is 0 Å². The molecule has 0 saturated carbocycles. The van der Waals surface area contributed by atoms with Crippen molar-refractivity contribution in [2.45, 2.75) is 0 Å². The number of halogens is 1. The van der Waals surface area contributed by atoms with Gasteiger partial charge in [0.1, 0.15) is 17.0 Å². The third kappa shape index (κ3) is 2.76. The number of rotatable bonds is 3. The van der Waals surface area contributed by atoms with Crippen molar-refractivity contribution in [1.82, 2.24) is 15.0 Å². The number of carbonyl (C=O) groups is 1. The normalized spacial score (nSPS) is 10.1.